The molecule has 0 saturated carbocycles. The van der Waals surface area contributed by atoms with Crippen molar-refractivity contribution in [3.63, 3.8) is 0 Å². The number of methoxy groups -OCH3 is 1. The van der Waals surface area contributed by atoms with Gasteiger partial charge < -0.3 is 15.0 Å². The van der Waals surface area contributed by atoms with E-state index in [1.807, 2.05) is 85.1 Å². The minimum absolute atomic E-state index is 0.0813. The molecule has 1 fully saturated rings. The molecule has 0 aliphatic carbocycles. The molecule has 7 heteroatoms. The molecule has 1 N–H and O–H groups in total. The van der Waals surface area contributed by atoms with Crippen molar-refractivity contribution < 1.29 is 14.3 Å². The number of carbonyl (C=O) groups excluding carboxylic acids is 2. The first-order valence-electron chi connectivity index (χ1n) is 11.4. The number of benzene rings is 3. The molecule has 35 heavy (non-hydrogen) atoms. The van der Waals surface area contributed by atoms with Gasteiger partial charge in [-0.15, -0.1) is 11.3 Å². The molecule has 2 heterocycles. The van der Waals surface area contributed by atoms with Gasteiger partial charge in [0.05, 0.1) is 24.4 Å². The maximum atomic E-state index is 12.9. The summed E-state index contributed by atoms with van der Waals surface area (Å²) in [6.45, 7) is 2.29. The summed E-state index contributed by atoms with van der Waals surface area (Å²) in [6.07, 6.45) is 0.169. The highest BCUT2D eigenvalue weighted by molar-refractivity contribution is 7.13. The van der Waals surface area contributed by atoms with Gasteiger partial charge in [0, 0.05) is 35.2 Å². The molecule has 2 amide bonds. The molecule has 3 aromatic carbocycles. The molecule has 1 atom stereocenters. The summed E-state index contributed by atoms with van der Waals surface area (Å²) in [5.41, 5.74) is 5.39. The van der Waals surface area contributed by atoms with E-state index in [2.05, 4.69) is 5.32 Å². The summed E-state index contributed by atoms with van der Waals surface area (Å²) in [7, 11) is 1.58. The third kappa shape index (κ3) is 4.81. The molecule has 176 valence electrons. The maximum absolute atomic E-state index is 12.9. The Balaban J connectivity index is 1.25. The first kappa shape index (κ1) is 22.8. The third-order valence-electron chi connectivity index (χ3n) is 6.09. The van der Waals surface area contributed by atoms with E-state index in [9.17, 15) is 9.59 Å². The van der Waals surface area contributed by atoms with E-state index in [0.717, 1.165) is 27.4 Å². The number of rotatable bonds is 6. The van der Waals surface area contributed by atoms with Gasteiger partial charge in [-0.25, -0.2) is 4.98 Å². The summed E-state index contributed by atoms with van der Waals surface area (Å²) in [5, 5.41) is 5.97. The lowest BCUT2D eigenvalue weighted by Gasteiger charge is -2.20. The van der Waals surface area contributed by atoms with Crippen LogP contribution in [0.5, 0.6) is 5.75 Å². The molecule has 5 rings (SSSR count). The molecule has 1 saturated heterocycles. The predicted molar refractivity (Wildman–Crippen MR) is 140 cm³/mol. The average molecular weight is 484 g/mol. The van der Waals surface area contributed by atoms with E-state index >= 15 is 0 Å². The number of nitrogens with zero attached hydrogens (tertiary/aromatic N) is 2. The van der Waals surface area contributed by atoms with Gasteiger partial charge in [0.2, 0.25) is 11.8 Å². The van der Waals surface area contributed by atoms with Crippen LogP contribution in [0.1, 0.15) is 12.0 Å². The highest BCUT2D eigenvalue weighted by atomic mass is 32.1. The van der Waals surface area contributed by atoms with Crippen LogP contribution in [0, 0.1) is 12.8 Å². The Kier molecular flexibility index (Phi) is 6.33. The standard InChI is InChI=1S/C28H25N3O3S/c1-18-8-13-25(34-2)24(14-18)31-16-21(15-26(31)32)27(33)29-22-11-9-19(10-12-22)23-17-35-28(30-23)20-6-4-3-5-7-20/h3-14,17,21H,15-16H2,1-2H3,(H,29,33). The van der Waals surface area contributed by atoms with E-state index in [4.69, 9.17) is 9.72 Å². The second kappa shape index (κ2) is 9.72. The van der Waals surface area contributed by atoms with Crippen molar-refractivity contribution in [1.82, 2.24) is 4.98 Å². The molecule has 0 bridgehead atoms. The summed E-state index contributed by atoms with van der Waals surface area (Å²) in [6, 6.07) is 23.4. The van der Waals surface area contributed by atoms with E-state index in [1.165, 1.54) is 0 Å². The maximum Gasteiger partial charge on any atom is 0.229 e. The van der Waals surface area contributed by atoms with Crippen molar-refractivity contribution in [2.45, 2.75) is 13.3 Å². The molecule has 1 aromatic heterocycles. The van der Waals surface area contributed by atoms with Crippen molar-refractivity contribution >= 4 is 34.5 Å². The van der Waals surface area contributed by atoms with Crippen molar-refractivity contribution in [2.24, 2.45) is 5.92 Å². The number of aryl methyl sites for hydroxylation is 1. The quantitative estimate of drug-likeness (QED) is 0.377. The topological polar surface area (TPSA) is 71.5 Å². The molecule has 0 radical (unpaired) electrons. The zero-order chi connectivity index (χ0) is 24.4. The lowest BCUT2D eigenvalue weighted by molar-refractivity contribution is -0.122. The molecule has 6 nitrogen and oxygen atoms in total. The smallest absolute Gasteiger partial charge is 0.229 e. The Morgan fingerprint density at radius 1 is 1.06 bits per heavy atom. The van der Waals surface area contributed by atoms with E-state index < -0.39 is 5.92 Å². The monoisotopic (exact) mass is 483 g/mol. The first-order chi connectivity index (χ1) is 17.0. The van der Waals surface area contributed by atoms with Crippen LogP contribution >= 0.6 is 11.3 Å². The average Bonchev–Trinajstić information content (AvgIpc) is 3.52. The normalized spacial score (nSPS) is 15.3. The lowest BCUT2D eigenvalue weighted by atomic mass is 10.1. The molecule has 1 aliphatic heterocycles. The van der Waals surface area contributed by atoms with Gasteiger partial charge in [0.25, 0.3) is 0 Å². The van der Waals surface area contributed by atoms with Crippen LogP contribution in [-0.4, -0.2) is 30.5 Å². The van der Waals surface area contributed by atoms with Crippen LogP contribution in [0.3, 0.4) is 0 Å². The SMILES string of the molecule is COc1ccc(C)cc1N1CC(C(=O)Nc2ccc(-c3csc(-c4ccccc4)n3)cc2)CC1=O. The van der Waals surface area contributed by atoms with Gasteiger partial charge >= 0.3 is 0 Å². The highest BCUT2D eigenvalue weighted by Gasteiger charge is 2.36. The Morgan fingerprint density at radius 3 is 2.57 bits per heavy atom. The number of nitrogens with one attached hydrogen (secondary N) is 1. The van der Waals surface area contributed by atoms with Gasteiger partial charge in [0.15, 0.2) is 0 Å². The Hall–Kier alpha value is -3.97. The van der Waals surface area contributed by atoms with Crippen LogP contribution in [0.2, 0.25) is 0 Å². The zero-order valence-electron chi connectivity index (χ0n) is 19.5. The fraction of sp³-hybridized carbons (Fsp3) is 0.179. The van der Waals surface area contributed by atoms with Gasteiger partial charge in [-0.05, 0) is 36.8 Å². The summed E-state index contributed by atoms with van der Waals surface area (Å²) >= 11 is 1.60. The minimum atomic E-state index is -0.431. The number of anilines is 2. The number of thiazole rings is 1. The number of carbonyl (C=O) groups is 2. The van der Waals surface area contributed by atoms with Gasteiger partial charge in [-0.2, -0.15) is 0 Å². The first-order valence-corrected chi connectivity index (χ1v) is 12.3. The van der Waals surface area contributed by atoms with E-state index in [-0.39, 0.29) is 18.2 Å². The molecule has 0 spiro atoms. The molecule has 1 aliphatic rings. The van der Waals surface area contributed by atoms with E-state index in [0.29, 0.717) is 23.7 Å². The highest BCUT2D eigenvalue weighted by Crippen LogP contribution is 2.34. The Labute approximate surface area is 208 Å². The van der Waals surface area contributed by atoms with Crippen molar-refractivity contribution in [3.8, 4) is 27.6 Å². The summed E-state index contributed by atoms with van der Waals surface area (Å²) < 4.78 is 5.43. The van der Waals surface area contributed by atoms with Crippen molar-refractivity contribution in [3.05, 3.63) is 83.7 Å². The van der Waals surface area contributed by atoms with Gasteiger partial charge in [-0.3, -0.25) is 9.59 Å². The number of ether oxygens (including phenoxy) is 1. The van der Waals surface area contributed by atoms with Crippen LogP contribution in [0.25, 0.3) is 21.8 Å². The fourth-order valence-electron chi connectivity index (χ4n) is 4.22. The van der Waals surface area contributed by atoms with Gasteiger partial charge in [0.1, 0.15) is 10.8 Å². The van der Waals surface area contributed by atoms with Crippen LogP contribution in [-0.2, 0) is 9.59 Å². The lowest BCUT2D eigenvalue weighted by Crippen LogP contribution is -2.28. The van der Waals surface area contributed by atoms with Crippen LogP contribution < -0.4 is 15.0 Å². The molecule has 1 unspecified atom stereocenters. The van der Waals surface area contributed by atoms with E-state index in [1.54, 1.807) is 23.3 Å². The number of amides is 2. The van der Waals surface area contributed by atoms with Crippen LogP contribution in [0.4, 0.5) is 11.4 Å². The largest absolute Gasteiger partial charge is 0.495 e. The minimum Gasteiger partial charge on any atom is -0.495 e. The summed E-state index contributed by atoms with van der Waals surface area (Å²) in [4.78, 5) is 32.0. The van der Waals surface area contributed by atoms with Crippen molar-refractivity contribution in [2.75, 3.05) is 23.9 Å². The fourth-order valence-corrected chi connectivity index (χ4v) is 5.05. The summed E-state index contributed by atoms with van der Waals surface area (Å²) in [5.74, 6) is -0.0557. The molecular weight excluding hydrogens is 458 g/mol. The second-order valence-electron chi connectivity index (χ2n) is 8.55. The molecular formula is C28H25N3O3S. The molecule has 4 aromatic rings. The second-order valence-corrected chi connectivity index (χ2v) is 9.41. The number of hydrogen-bond acceptors (Lipinski definition) is 5. The predicted octanol–water partition coefficient (Wildman–Crippen LogP) is 5.79. The van der Waals surface area contributed by atoms with Crippen LogP contribution in [0.15, 0.2) is 78.2 Å². The number of hydrogen-bond donors (Lipinski definition) is 1. The van der Waals surface area contributed by atoms with Gasteiger partial charge in [-0.1, -0.05) is 48.5 Å². The Bertz CT molecular complexity index is 1370. The van der Waals surface area contributed by atoms with Crippen molar-refractivity contribution in [1.29, 1.82) is 0 Å². The Morgan fingerprint density at radius 2 is 1.83 bits per heavy atom. The zero-order valence-corrected chi connectivity index (χ0v) is 20.3. The third-order valence-corrected chi connectivity index (χ3v) is 6.99. The number of aromatic nitrogens is 1.